The van der Waals surface area contributed by atoms with E-state index in [0.29, 0.717) is 12.3 Å². The molecule has 1 aliphatic rings. The number of nitrogens with one attached hydrogen (secondary N) is 1. The molecule has 4 nitrogen and oxygen atoms in total. The topological polar surface area (TPSA) is 41.6 Å². The van der Waals surface area contributed by atoms with E-state index in [1.165, 1.54) is 18.4 Å². The molecular formula is C17H20N2O2S. The highest BCUT2D eigenvalue weighted by atomic mass is 32.1. The third-order valence-corrected chi connectivity index (χ3v) is 4.60. The van der Waals surface area contributed by atoms with Crippen LogP contribution in [0, 0.1) is 0 Å². The Morgan fingerprint density at radius 3 is 2.68 bits per heavy atom. The number of hydrogen-bond donors (Lipinski definition) is 1. The Balaban J connectivity index is 1.58. The van der Waals surface area contributed by atoms with Gasteiger partial charge in [0.2, 0.25) is 0 Å². The Hall–Kier alpha value is -1.85. The van der Waals surface area contributed by atoms with Gasteiger partial charge in [0.15, 0.2) is 0 Å². The maximum Gasteiger partial charge on any atom is 0.412 e. The van der Waals surface area contributed by atoms with E-state index in [0.717, 1.165) is 13.1 Å². The van der Waals surface area contributed by atoms with Gasteiger partial charge in [-0.15, -0.1) is 0 Å². The predicted octanol–water partition coefficient (Wildman–Crippen LogP) is 3.67. The monoisotopic (exact) mass is 316 g/mol. The zero-order valence-electron chi connectivity index (χ0n) is 12.4. The van der Waals surface area contributed by atoms with E-state index in [1.54, 1.807) is 23.5 Å². The van der Waals surface area contributed by atoms with Crippen molar-refractivity contribution in [3.8, 4) is 5.75 Å². The molecule has 2 heterocycles. The fourth-order valence-corrected chi connectivity index (χ4v) is 3.49. The average Bonchev–Trinajstić information content (AvgIpc) is 3.22. The first-order valence-corrected chi connectivity index (χ1v) is 8.54. The average molecular weight is 316 g/mol. The summed E-state index contributed by atoms with van der Waals surface area (Å²) in [4.78, 5) is 14.4. The van der Waals surface area contributed by atoms with E-state index in [9.17, 15) is 4.79 Å². The summed E-state index contributed by atoms with van der Waals surface area (Å²) in [5.74, 6) is 0.563. The maximum atomic E-state index is 12.0. The Bertz CT molecular complexity index is 580. The molecule has 1 unspecified atom stereocenters. The van der Waals surface area contributed by atoms with Crippen molar-refractivity contribution in [1.29, 1.82) is 0 Å². The number of thiophene rings is 1. The van der Waals surface area contributed by atoms with Gasteiger partial charge >= 0.3 is 6.09 Å². The first-order chi connectivity index (χ1) is 10.8. The summed E-state index contributed by atoms with van der Waals surface area (Å²) in [7, 11) is 0. The molecule has 3 rings (SSSR count). The Morgan fingerprint density at radius 2 is 2.00 bits per heavy atom. The van der Waals surface area contributed by atoms with E-state index >= 15 is 0 Å². The van der Waals surface area contributed by atoms with Crippen LogP contribution in [0.4, 0.5) is 4.79 Å². The van der Waals surface area contributed by atoms with Gasteiger partial charge in [-0.2, -0.15) is 11.3 Å². The molecule has 1 fully saturated rings. The highest BCUT2D eigenvalue weighted by molar-refractivity contribution is 7.07. The lowest BCUT2D eigenvalue weighted by atomic mass is 10.1. The van der Waals surface area contributed by atoms with Crippen LogP contribution in [-0.4, -0.2) is 30.6 Å². The molecule has 2 aromatic rings. The van der Waals surface area contributed by atoms with E-state index in [1.807, 2.05) is 18.2 Å². The van der Waals surface area contributed by atoms with Crippen LogP contribution in [0.25, 0.3) is 0 Å². The first-order valence-electron chi connectivity index (χ1n) is 7.60. The highest BCUT2D eigenvalue weighted by Crippen LogP contribution is 2.26. The van der Waals surface area contributed by atoms with Crippen molar-refractivity contribution in [2.24, 2.45) is 0 Å². The number of rotatable bonds is 5. The summed E-state index contributed by atoms with van der Waals surface area (Å²) in [6.45, 7) is 2.76. The molecule has 0 spiro atoms. The zero-order chi connectivity index (χ0) is 15.2. The van der Waals surface area contributed by atoms with Crippen LogP contribution in [0.1, 0.15) is 24.4 Å². The lowest BCUT2D eigenvalue weighted by Gasteiger charge is -2.27. The SMILES string of the molecule is O=C(NCC(c1ccsc1)N1CCCC1)Oc1ccccc1. The van der Waals surface area contributed by atoms with Crippen LogP contribution in [0.5, 0.6) is 5.75 Å². The van der Waals surface area contributed by atoms with Gasteiger partial charge in [0, 0.05) is 6.54 Å². The minimum absolute atomic E-state index is 0.233. The number of nitrogens with zero attached hydrogens (tertiary/aromatic N) is 1. The van der Waals surface area contributed by atoms with Crippen molar-refractivity contribution < 1.29 is 9.53 Å². The van der Waals surface area contributed by atoms with Gasteiger partial charge in [0.05, 0.1) is 6.04 Å². The molecule has 0 saturated carbocycles. The lowest BCUT2D eigenvalue weighted by molar-refractivity contribution is 0.189. The fourth-order valence-electron chi connectivity index (χ4n) is 2.79. The normalized spacial score (nSPS) is 16.4. The van der Waals surface area contributed by atoms with Crippen molar-refractivity contribution >= 4 is 17.4 Å². The van der Waals surface area contributed by atoms with Crippen LogP contribution >= 0.6 is 11.3 Å². The van der Waals surface area contributed by atoms with Gasteiger partial charge in [0.25, 0.3) is 0 Å². The number of likely N-dealkylation sites (tertiary alicyclic amines) is 1. The molecule has 1 atom stereocenters. The molecule has 0 radical (unpaired) electrons. The number of ether oxygens (including phenoxy) is 1. The van der Waals surface area contributed by atoms with E-state index in [-0.39, 0.29) is 6.04 Å². The van der Waals surface area contributed by atoms with Crippen molar-refractivity contribution in [2.45, 2.75) is 18.9 Å². The number of para-hydroxylation sites is 1. The summed E-state index contributed by atoms with van der Waals surface area (Å²) in [5, 5.41) is 7.14. The molecule has 1 N–H and O–H groups in total. The Kier molecular flexibility index (Phi) is 5.08. The van der Waals surface area contributed by atoms with Crippen LogP contribution in [0.2, 0.25) is 0 Å². The number of amides is 1. The van der Waals surface area contributed by atoms with Gasteiger partial charge in [-0.3, -0.25) is 4.90 Å². The molecule has 0 aliphatic carbocycles. The molecule has 0 bridgehead atoms. The summed E-state index contributed by atoms with van der Waals surface area (Å²) >= 11 is 1.69. The number of carbonyl (C=O) groups excluding carboxylic acids is 1. The summed E-state index contributed by atoms with van der Waals surface area (Å²) < 4.78 is 5.28. The number of carbonyl (C=O) groups is 1. The van der Waals surface area contributed by atoms with Gasteiger partial charge in [-0.05, 0) is 60.5 Å². The summed E-state index contributed by atoms with van der Waals surface area (Å²) in [6.07, 6.45) is 2.06. The number of hydrogen-bond acceptors (Lipinski definition) is 4. The van der Waals surface area contributed by atoms with Gasteiger partial charge < -0.3 is 10.1 Å². The molecular weight excluding hydrogens is 296 g/mol. The molecule has 1 amide bonds. The van der Waals surface area contributed by atoms with Crippen molar-refractivity contribution in [3.05, 3.63) is 52.7 Å². The first kappa shape index (κ1) is 15.1. The Morgan fingerprint density at radius 1 is 1.23 bits per heavy atom. The largest absolute Gasteiger partial charge is 0.412 e. The van der Waals surface area contributed by atoms with Gasteiger partial charge in [-0.1, -0.05) is 18.2 Å². The standard InChI is InChI=1S/C17H20N2O2S/c20-17(21-15-6-2-1-3-7-15)18-12-16(14-8-11-22-13-14)19-9-4-5-10-19/h1-3,6-8,11,13,16H,4-5,9-10,12H2,(H,18,20). The lowest BCUT2D eigenvalue weighted by Crippen LogP contribution is -2.37. The smallest absolute Gasteiger partial charge is 0.410 e. The fraction of sp³-hybridized carbons (Fsp3) is 0.353. The van der Waals surface area contributed by atoms with E-state index in [2.05, 4.69) is 27.0 Å². The second-order valence-electron chi connectivity index (χ2n) is 5.40. The minimum Gasteiger partial charge on any atom is -0.410 e. The van der Waals surface area contributed by atoms with Crippen LogP contribution < -0.4 is 10.1 Å². The maximum absolute atomic E-state index is 12.0. The Labute approximate surface area is 134 Å². The third kappa shape index (κ3) is 3.87. The zero-order valence-corrected chi connectivity index (χ0v) is 13.2. The summed E-state index contributed by atoms with van der Waals surface area (Å²) in [5.41, 5.74) is 1.27. The van der Waals surface area contributed by atoms with Crippen molar-refractivity contribution in [1.82, 2.24) is 10.2 Å². The molecule has 22 heavy (non-hydrogen) atoms. The van der Waals surface area contributed by atoms with Crippen LogP contribution in [0.15, 0.2) is 47.2 Å². The second kappa shape index (κ2) is 7.42. The highest BCUT2D eigenvalue weighted by Gasteiger charge is 2.24. The molecule has 1 aromatic carbocycles. The molecule has 1 aliphatic heterocycles. The molecule has 1 saturated heterocycles. The van der Waals surface area contributed by atoms with Crippen molar-refractivity contribution in [2.75, 3.05) is 19.6 Å². The van der Waals surface area contributed by atoms with Crippen LogP contribution in [0.3, 0.4) is 0 Å². The minimum atomic E-state index is -0.398. The second-order valence-corrected chi connectivity index (χ2v) is 6.18. The van der Waals surface area contributed by atoms with Crippen LogP contribution in [-0.2, 0) is 0 Å². The number of benzene rings is 1. The summed E-state index contributed by atoms with van der Waals surface area (Å²) in [6, 6.07) is 11.5. The predicted molar refractivity (Wildman–Crippen MR) is 88.3 cm³/mol. The van der Waals surface area contributed by atoms with Gasteiger partial charge in [-0.25, -0.2) is 4.79 Å². The van der Waals surface area contributed by atoms with Crippen molar-refractivity contribution in [3.63, 3.8) is 0 Å². The molecule has 116 valence electrons. The van der Waals surface area contributed by atoms with Gasteiger partial charge in [0.1, 0.15) is 5.75 Å². The quantitative estimate of drug-likeness (QED) is 0.915. The molecule has 5 heteroatoms. The third-order valence-electron chi connectivity index (χ3n) is 3.90. The van der Waals surface area contributed by atoms with E-state index < -0.39 is 6.09 Å². The molecule has 1 aromatic heterocycles. The van der Waals surface area contributed by atoms with E-state index in [4.69, 9.17) is 4.74 Å².